The number of aromatic amines is 1. The summed E-state index contributed by atoms with van der Waals surface area (Å²) in [7, 11) is 0. The Morgan fingerprint density at radius 2 is 2.22 bits per heavy atom. The van der Waals surface area contributed by atoms with Gasteiger partial charge >= 0.3 is 5.97 Å². The number of H-pyrrole nitrogens is 1. The molecule has 0 radical (unpaired) electrons. The monoisotopic (exact) mass is 251 g/mol. The third-order valence-corrected chi connectivity index (χ3v) is 3.92. The number of carboxylic acids is 1. The van der Waals surface area contributed by atoms with E-state index in [0.29, 0.717) is 11.7 Å². The standard InChI is InChI=1S/C13H21N3O2/c1-3-5-11-14-12(16-15-11)9-6-8(4-2)7-10(9)13(17)18/h8-10H,3-7H2,1-2H3,(H,17,18)(H,14,15,16). The zero-order valence-electron chi connectivity index (χ0n) is 11.0. The number of aliphatic carboxylic acids is 1. The van der Waals surface area contributed by atoms with Crippen molar-refractivity contribution in [2.24, 2.45) is 11.8 Å². The minimum atomic E-state index is -0.710. The van der Waals surface area contributed by atoms with Crippen molar-refractivity contribution in [2.45, 2.75) is 51.9 Å². The Labute approximate surface area is 107 Å². The highest BCUT2D eigenvalue weighted by atomic mass is 16.4. The molecule has 0 aromatic carbocycles. The number of carboxylic acid groups (broad SMARTS) is 1. The Bertz CT molecular complexity index is 416. The number of aryl methyl sites for hydroxylation is 1. The molecule has 0 saturated heterocycles. The highest BCUT2D eigenvalue weighted by molar-refractivity contribution is 5.71. The van der Waals surface area contributed by atoms with Gasteiger partial charge in [-0.05, 0) is 25.2 Å². The summed E-state index contributed by atoms with van der Waals surface area (Å²) in [5.74, 6) is 1.01. The van der Waals surface area contributed by atoms with Crippen LogP contribution in [-0.4, -0.2) is 26.3 Å². The van der Waals surface area contributed by atoms with Crippen LogP contribution in [-0.2, 0) is 11.2 Å². The van der Waals surface area contributed by atoms with E-state index in [4.69, 9.17) is 0 Å². The van der Waals surface area contributed by atoms with Crippen LogP contribution in [0, 0.1) is 11.8 Å². The zero-order valence-corrected chi connectivity index (χ0v) is 11.0. The number of hydrogen-bond donors (Lipinski definition) is 2. The van der Waals surface area contributed by atoms with Crippen LogP contribution >= 0.6 is 0 Å². The lowest BCUT2D eigenvalue weighted by Gasteiger charge is -2.10. The maximum atomic E-state index is 11.3. The van der Waals surface area contributed by atoms with Gasteiger partial charge in [-0.15, -0.1) is 0 Å². The van der Waals surface area contributed by atoms with Crippen molar-refractivity contribution in [1.82, 2.24) is 15.2 Å². The van der Waals surface area contributed by atoms with E-state index in [2.05, 4.69) is 29.0 Å². The highest BCUT2D eigenvalue weighted by Crippen LogP contribution is 2.43. The van der Waals surface area contributed by atoms with Crippen LogP contribution in [0.4, 0.5) is 0 Å². The van der Waals surface area contributed by atoms with E-state index in [-0.39, 0.29) is 11.8 Å². The molecule has 18 heavy (non-hydrogen) atoms. The largest absolute Gasteiger partial charge is 0.481 e. The summed E-state index contributed by atoms with van der Waals surface area (Å²) in [6.45, 7) is 4.21. The molecule has 0 bridgehead atoms. The fourth-order valence-corrected chi connectivity index (χ4v) is 2.86. The van der Waals surface area contributed by atoms with Crippen LogP contribution < -0.4 is 0 Å². The van der Waals surface area contributed by atoms with E-state index < -0.39 is 5.97 Å². The average Bonchev–Trinajstić information content (AvgIpc) is 2.94. The molecule has 1 aromatic heterocycles. The van der Waals surface area contributed by atoms with Crippen molar-refractivity contribution in [3.05, 3.63) is 11.6 Å². The quantitative estimate of drug-likeness (QED) is 0.842. The van der Waals surface area contributed by atoms with E-state index in [1.54, 1.807) is 0 Å². The van der Waals surface area contributed by atoms with Crippen LogP contribution in [0.25, 0.3) is 0 Å². The summed E-state index contributed by atoms with van der Waals surface area (Å²) in [5.41, 5.74) is 0. The fourth-order valence-electron chi connectivity index (χ4n) is 2.86. The molecule has 100 valence electrons. The topological polar surface area (TPSA) is 78.9 Å². The third kappa shape index (κ3) is 2.54. The second kappa shape index (κ2) is 5.50. The van der Waals surface area contributed by atoms with Crippen LogP contribution in [0.2, 0.25) is 0 Å². The molecule has 5 nitrogen and oxygen atoms in total. The molecule has 5 heteroatoms. The first-order chi connectivity index (χ1) is 8.65. The van der Waals surface area contributed by atoms with Crippen molar-refractivity contribution in [3.63, 3.8) is 0 Å². The van der Waals surface area contributed by atoms with Gasteiger partial charge in [-0.25, -0.2) is 4.98 Å². The molecule has 0 aliphatic heterocycles. The predicted octanol–water partition coefficient (Wildman–Crippen LogP) is 2.36. The molecule has 1 heterocycles. The molecule has 1 fully saturated rings. The van der Waals surface area contributed by atoms with Crippen molar-refractivity contribution in [1.29, 1.82) is 0 Å². The molecule has 1 aliphatic rings. The lowest BCUT2D eigenvalue weighted by atomic mass is 9.96. The fraction of sp³-hybridized carbons (Fsp3) is 0.769. The Morgan fingerprint density at radius 3 is 2.83 bits per heavy atom. The van der Waals surface area contributed by atoms with Crippen molar-refractivity contribution in [2.75, 3.05) is 0 Å². The average molecular weight is 251 g/mol. The van der Waals surface area contributed by atoms with Crippen molar-refractivity contribution >= 4 is 5.97 Å². The summed E-state index contributed by atoms with van der Waals surface area (Å²) in [6.07, 6.45) is 4.57. The van der Waals surface area contributed by atoms with Gasteiger partial charge in [0.25, 0.3) is 0 Å². The second-order valence-electron chi connectivity index (χ2n) is 5.19. The third-order valence-electron chi connectivity index (χ3n) is 3.92. The van der Waals surface area contributed by atoms with Gasteiger partial charge in [0, 0.05) is 12.3 Å². The van der Waals surface area contributed by atoms with Crippen LogP contribution in [0.15, 0.2) is 0 Å². The Hall–Kier alpha value is -1.39. The molecular weight excluding hydrogens is 230 g/mol. The number of carbonyl (C=O) groups is 1. The summed E-state index contributed by atoms with van der Waals surface area (Å²) < 4.78 is 0. The Morgan fingerprint density at radius 1 is 1.44 bits per heavy atom. The van der Waals surface area contributed by atoms with Gasteiger partial charge in [0.1, 0.15) is 5.82 Å². The highest BCUT2D eigenvalue weighted by Gasteiger charge is 2.40. The Balaban J connectivity index is 2.16. The molecule has 0 amide bonds. The van der Waals surface area contributed by atoms with E-state index in [1.165, 1.54) is 0 Å². The van der Waals surface area contributed by atoms with Gasteiger partial charge in [-0.2, -0.15) is 5.10 Å². The molecule has 2 rings (SSSR count). The van der Waals surface area contributed by atoms with Crippen LogP contribution in [0.5, 0.6) is 0 Å². The molecule has 1 aliphatic carbocycles. The number of aromatic nitrogens is 3. The lowest BCUT2D eigenvalue weighted by molar-refractivity contribution is -0.142. The second-order valence-corrected chi connectivity index (χ2v) is 5.19. The number of nitrogens with one attached hydrogen (secondary N) is 1. The van der Waals surface area contributed by atoms with Gasteiger partial charge in [-0.3, -0.25) is 9.89 Å². The SMILES string of the molecule is CCCc1nc(C2CC(CC)CC2C(=O)O)n[nH]1. The van der Waals surface area contributed by atoms with Gasteiger partial charge < -0.3 is 5.11 Å². The predicted molar refractivity (Wildman–Crippen MR) is 67.3 cm³/mol. The minimum absolute atomic E-state index is 0.0192. The zero-order chi connectivity index (χ0) is 13.1. The summed E-state index contributed by atoms with van der Waals surface area (Å²) >= 11 is 0. The van der Waals surface area contributed by atoms with Crippen molar-refractivity contribution < 1.29 is 9.90 Å². The Kier molecular flexibility index (Phi) is 3.99. The van der Waals surface area contributed by atoms with Gasteiger partial charge in [0.2, 0.25) is 0 Å². The number of nitrogens with zero attached hydrogens (tertiary/aromatic N) is 2. The molecule has 3 atom stereocenters. The molecule has 1 aromatic rings. The summed E-state index contributed by atoms with van der Waals surface area (Å²) in [6, 6.07) is 0. The van der Waals surface area contributed by atoms with Gasteiger partial charge in [0.15, 0.2) is 5.82 Å². The molecule has 3 unspecified atom stereocenters. The first kappa shape index (κ1) is 13.1. The summed E-state index contributed by atoms with van der Waals surface area (Å²) in [4.78, 5) is 15.8. The maximum Gasteiger partial charge on any atom is 0.307 e. The summed E-state index contributed by atoms with van der Waals surface area (Å²) in [5, 5.41) is 16.4. The van der Waals surface area contributed by atoms with Gasteiger partial charge in [0.05, 0.1) is 5.92 Å². The van der Waals surface area contributed by atoms with Crippen molar-refractivity contribution in [3.8, 4) is 0 Å². The van der Waals surface area contributed by atoms with E-state index in [1.807, 2.05) is 0 Å². The number of hydrogen-bond acceptors (Lipinski definition) is 3. The normalized spacial score (nSPS) is 27.6. The first-order valence-corrected chi connectivity index (χ1v) is 6.79. The molecular formula is C13H21N3O2. The lowest BCUT2D eigenvalue weighted by Crippen LogP contribution is -2.17. The molecule has 2 N–H and O–H groups in total. The number of rotatable bonds is 5. The van der Waals surface area contributed by atoms with Crippen LogP contribution in [0.1, 0.15) is 57.1 Å². The minimum Gasteiger partial charge on any atom is -0.481 e. The first-order valence-electron chi connectivity index (χ1n) is 6.79. The molecule has 1 saturated carbocycles. The van der Waals surface area contributed by atoms with E-state index in [9.17, 15) is 9.90 Å². The van der Waals surface area contributed by atoms with Crippen LogP contribution in [0.3, 0.4) is 0 Å². The molecule has 0 spiro atoms. The smallest absolute Gasteiger partial charge is 0.307 e. The van der Waals surface area contributed by atoms with Gasteiger partial charge in [-0.1, -0.05) is 20.3 Å². The maximum absolute atomic E-state index is 11.3. The van der Waals surface area contributed by atoms with E-state index in [0.717, 1.165) is 37.9 Å². The van der Waals surface area contributed by atoms with E-state index >= 15 is 0 Å².